The number of amides is 1. The summed E-state index contributed by atoms with van der Waals surface area (Å²) in [6.45, 7) is 0. The minimum Gasteiger partial charge on any atom is -0.504 e. The van der Waals surface area contributed by atoms with E-state index in [1.165, 1.54) is 18.2 Å². The number of phenolic OH excluding ortho intramolecular Hbond substituents is 3. The number of aromatic hydroxyl groups is 3. The second kappa shape index (κ2) is 8.24. The first-order valence-corrected chi connectivity index (χ1v) is 8.62. The highest BCUT2D eigenvalue weighted by molar-refractivity contribution is 6.42. The fourth-order valence-electron chi connectivity index (χ4n) is 2.71. The highest BCUT2D eigenvalue weighted by Crippen LogP contribution is 2.44. The lowest BCUT2D eigenvalue weighted by atomic mass is 9.82. The molecule has 2 aromatic carbocycles. The molecule has 10 heteroatoms. The van der Waals surface area contributed by atoms with Crippen molar-refractivity contribution in [2.45, 2.75) is 18.4 Å². The number of hydroxylamine groups is 2. The molecule has 2 aromatic rings. The van der Waals surface area contributed by atoms with Gasteiger partial charge in [-0.15, -0.1) is 0 Å². The minimum absolute atomic E-state index is 0.0655. The SMILES string of the molecule is CN(O)C(=O)C(=O)CC(O)(Cc1ccc(Cl)c(Cl)c1)c1ccc(O)c(O)c1O. The van der Waals surface area contributed by atoms with E-state index in [0.717, 1.165) is 19.2 Å². The molecule has 1 amide bonds. The number of halogens is 2. The van der Waals surface area contributed by atoms with Crippen LogP contribution in [0, 0.1) is 0 Å². The smallest absolute Gasteiger partial charge is 0.313 e. The van der Waals surface area contributed by atoms with Crippen LogP contribution in [0.4, 0.5) is 0 Å². The molecule has 2 rings (SSSR count). The Hall–Kier alpha value is -2.52. The fraction of sp³-hybridized carbons (Fsp3) is 0.222. The normalized spacial score (nSPS) is 13.0. The van der Waals surface area contributed by atoms with Crippen molar-refractivity contribution in [3.63, 3.8) is 0 Å². The number of rotatable bonds is 6. The van der Waals surface area contributed by atoms with Gasteiger partial charge in [-0.2, -0.15) is 0 Å². The third-order valence-electron chi connectivity index (χ3n) is 4.10. The second-order valence-corrected chi connectivity index (χ2v) is 7.03. The lowest BCUT2D eigenvalue weighted by Gasteiger charge is -2.29. The molecule has 1 atom stereocenters. The van der Waals surface area contributed by atoms with Crippen LogP contribution in [0.3, 0.4) is 0 Å². The van der Waals surface area contributed by atoms with Gasteiger partial charge in [0.05, 0.1) is 10.0 Å². The average Bonchev–Trinajstić information content (AvgIpc) is 2.61. The summed E-state index contributed by atoms with van der Waals surface area (Å²) >= 11 is 11.8. The summed E-state index contributed by atoms with van der Waals surface area (Å²) in [6, 6.07) is 6.51. The number of carbonyl (C=O) groups excluding carboxylic acids is 2. The number of carbonyl (C=O) groups is 2. The van der Waals surface area contributed by atoms with E-state index in [4.69, 9.17) is 23.2 Å². The first-order valence-electron chi connectivity index (χ1n) is 7.86. The number of likely N-dealkylation sites (N-methyl/N-ethyl adjacent to an activating group) is 1. The van der Waals surface area contributed by atoms with Gasteiger partial charge in [0.1, 0.15) is 5.60 Å². The molecule has 0 aliphatic rings. The molecule has 0 heterocycles. The van der Waals surface area contributed by atoms with Crippen LogP contribution in [0.2, 0.25) is 10.0 Å². The van der Waals surface area contributed by atoms with Crippen molar-refractivity contribution in [2.24, 2.45) is 0 Å². The lowest BCUT2D eigenvalue weighted by molar-refractivity contribution is -0.167. The quantitative estimate of drug-likeness (QED) is 0.205. The van der Waals surface area contributed by atoms with Crippen LogP contribution in [-0.2, 0) is 21.6 Å². The lowest BCUT2D eigenvalue weighted by Crippen LogP contribution is -2.38. The summed E-state index contributed by atoms with van der Waals surface area (Å²) in [4.78, 5) is 23.9. The molecule has 0 saturated carbocycles. The Balaban J connectivity index is 2.54. The van der Waals surface area contributed by atoms with Crippen LogP contribution in [0.15, 0.2) is 30.3 Å². The molecule has 150 valence electrons. The van der Waals surface area contributed by atoms with E-state index in [1.807, 2.05) is 0 Å². The largest absolute Gasteiger partial charge is 0.504 e. The summed E-state index contributed by atoms with van der Waals surface area (Å²) in [5, 5.41) is 50.3. The van der Waals surface area contributed by atoms with Crippen LogP contribution in [0.25, 0.3) is 0 Å². The molecule has 1 unspecified atom stereocenters. The Labute approximate surface area is 169 Å². The number of benzene rings is 2. The highest BCUT2D eigenvalue weighted by atomic mass is 35.5. The molecular weight excluding hydrogens is 413 g/mol. The zero-order chi connectivity index (χ0) is 21.2. The zero-order valence-electron chi connectivity index (χ0n) is 14.6. The molecule has 0 bridgehead atoms. The average molecular weight is 430 g/mol. The van der Waals surface area contributed by atoms with Gasteiger partial charge in [0.2, 0.25) is 11.5 Å². The Morgan fingerprint density at radius 3 is 2.25 bits per heavy atom. The van der Waals surface area contributed by atoms with Crippen LogP contribution in [0.5, 0.6) is 17.2 Å². The van der Waals surface area contributed by atoms with Gasteiger partial charge in [0.15, 0.2) is 11.5 Å². The molecular formula is C18H17Cl2NO7. The molecule has 28 heavy (non-hydrogen) atoms. The van der Waals surface area contributed by atoms with Crippen LogP contribution >= 0.6 is 23.2 Å². The van der Waals surface area contributed by atoms with Gasteiger partial charge in [-0.1, -0.05) is 29.3 Å². The Morgan fingerprint density at radius 1 is 1.04 bits per heavy atom. The van der Waals surface area contributed by atoms with Gasteiger partial charge in [-0.3, -0.25) is 14.8 Å². The summed E-state index contributed by atoms with van der Waals surface area (Å²) in [5.74, 6) is -4.84. The van der Waals surface area contributed by atoms with Crippen molar-refractivity contribution in [3.05, 3.63) is 51.5 Å². The van der Waals surface area contributed by atoms with Crippen molar-refractivity contribution in [2.75, 3.05) is 7.05 Å². The van der Waals surface area contributed by atoms with Crippen molar-refractivity contribution < 1.29 is 35.2 Å². The summed E-state index contributed by atoms with van der Waals surface area (Å²) < 4.78 is 0. The Bertz CT molecular complexity index is 932. The van der Waals surface area contributed by atoms with Crippen molar-refractivity contribution in [1.29, 1.82) is 0 Å². The first kappa shape index (κ1) is 21.8. The fourth-order valence-corrected chi connectivity index (χ4v) is 3.03. The van der Waals surface area contributed by atoms with E-state index in [0.29, 0.717) is 5.56 Å². The number of ketones is 1. The highest BCUT2D eigenvalue weighted by Gasteiger charge is 2.38. The van der Waals surface area contributed by atoms with Gasteiger partial charge in [-0.25, -0.2) is 5.06 Å². The number of nitrogens with zero attached hydrogens (tertiary/aromatic N) is 1. The van der Waals surface area contributed by atoms with E-state index in [9.17, 15) is 35.2 Å². The van der Waals surface area contributed by atoms with Gasteiger partial charge in [0, 0.05) is 25.5 Å². The molecule has 0 aromatic heterocycles. The predicted octanol–water partition coefficient (Wildman–Crippen LogP) is 2.35. The van der Waals surface area contributed by atoms with Crippen LogP contribution < -0.4 is 0 Å². The second-order valence-electron chi connectivity index (χ2n) is 6.21. The van der Waals surface area contributed by atoms with E-state index < -0.39 is 41.0 Å². The number of Topliss-reactive ketones (excluding diaryl/α,β-unsaturated/α-hetero) is 1. The molecule has 0 aliphatic carbocycles. The van der Waals surface area contributed by atoms with E-state index in [1.54, 1.807) is 0 Å². The van der Waals surface area contributed by atoms with E-state index in [2.05, 4.69) is 0 Å². The molecule has 5 N–H and O–H groups in total. The summed E-state index contributed by atoms with van der Waals surface area (Å²) in [7, 11) is 0.947. The van der Waals surface area contributed by atoms with Crippen LogP contribution in [-0.4, -0.2) is 49.4 Å². The number of phenols is 3. The third-order valence-corrected chi connectivity index (χ3v) is 4.84. The molecule has 0 saturated heterocycles. The number of hydrogen-bond donors (Lipinski definition) is 5. The van der Waals surface area contributed by atoms with Gasteiger partial charge in [-0.05, 0) is 29.8 Å². The third kappa shape index (κ3) is 4.48. The first-order chi connectivity index (χ1) is 13.0. The number of aliphatic hydroxyl groups is 1. The van der Waals surface area contributed by atoms with Crippen molar-refractivity contribution in [3.8, 4) is 17.2 Å². The molecule has 0 aliphatic heterocycles. The maximum Gasteiger partial charge on any atom is 0.313 e. The predicted molar refractivity (Wildman–Crippen MR) is 99.7 cm³/mol. The number of hydrogen-bond acceptors (Lipinski definition) is 7. The topological polar surface area (TPSA) is 139 Å². The maximum atomic E-state index is 12.2. The summed E-state index contributed by atoms with van der Waals surface area (Å²) in [6.07, 6.45) is -1.15. The molecule has 0 fully saturated rings. The van der Waals surface area contributed by atoms with Gasteiger partial charge in [0.25, 0.3) is 0 Å². The van der Waals surface area contributed by atoms with E-state index >= 15 is 0 Å². The molecule has 0 radical (unpaired) electrons. The van der Waals surface area contributed by atoms with E-state index in [-0.39, 0.29) is 27.1 Å². The zero-order valence-corrected chi connectivity index (χ0v) is 16.1. The van der Waals surface area contributed by atoms with Crippen LogP contribution in [0.1, 0.15) is 17.5 Å². The summed E-state index contributed by atoms with van der Waals surface area (Å²) in [5.41, 5.74) is -2.09. The maximum absolute atomic E-state index is 12.2. The Morgan fingerprint density at radius 2 is 1.68 bits per heavy atom. The van der Waals surface area contributed by atoms with Gasteiger partial charge >= 0.3 is 5.91 Å². The van der Waals surface area contributed by atoms with Gasteiger partial charge < -0.3 is 20.4 Å². The van der Waals surface area contributed by atoms with Crippen molar-refractivity contribution in [1.82, 2.24) is 5.06 Å². The minimum atomic E-state index is -2.19. The van der Waals surface area contributed by atoms with Crippen molar-refractivity contribution >= 4 is 34.9 Å². The monoisotopic (exact) mass is 429 g/mol. The molecule has 0 spiro atoms. The Kier molecular flexibility index (Phi) is 6.41. The standard InChI is InChI=1S/C18H17Cl2NO7/c1-21(28)17(26)14(23)8-18(27,7-9-2-4-11(19)12(20)6-9)10-3-5-13(22)16(25)15(10)24/h2-6,22,24-25,27-28H,7-8H2,1H3. The molecule has 8 nitrogen and oxygen atoms in total.